The van der Waals surface area contributed by atoms with E-state index in [0.29, 0.717) is 5.92 Å². The van der Waals surface area contributed by atoms with E-state index in [1.54, 1.807) is 14.2 Å². The van der Waals surface area contributed by atoms with E-state index in [1.165, 1.54) is 12.0 Å². The maximum atomic E-state index is 6.15. The highest BCUT2D eigenvalue weighted by molar-refractivity contribution is 9.10. The number of hydrogen-bond donors (Lipinski definition) is 1. The summed E-state index contributed by atoms with van der Waals surface area (Å²) in [7, 11) is 3.34. The first-order valence-corrected chi connectivity index (χ1v) is 6.64. The van der Waals surface area contributed by atoms with Crippen molar-refractivity contribution in [1.82, 2.24) is 0 Å². The van der Waals surface area contributed by atoms with Crippen molar-refractivity contribution < 1.29 is 9.47 Å². The van der Waals surface area contributed by atoms with Crippen molar-refractivity contribution >= 4 is 15.9 Å². The molecular weight excluding hydrogens is 282 g/mol. The van der Waals surface area contributed by atoms with Crippen LogP contribution in [0, 0.1) is 0 Å². The molecule has 0 amide bonds. The van der Waals surface area contributed by atoms with Gasteiger partial charge in [-0.1, -0.05) is 12.5 Å². The number of rotatable bonds is 3. The average molecular weight is 300 g/mol. The van der Waals surface area contributed by atoms with Gasteiger partial charge in [0.2, 0.25) is 0 Å². The molecule has 2 unspecified atom stereocenters. The van der Waals surface area contributed by atoms with E-state index in [4.69, 9.17) is 15.2 Å². The van der Waals surface area contributed by atoms with Crippen molar-refractivity contribution in [1.29, 1.82) is 0 Å². The second-order valence-electron chi connectivity index (χ2n) is 4.41. The molecule has 3 nitrogen and oxygen atoms in total. The molecule has 0 spiro atoms. The first-order valence-electron chi connectivity index (χ1n) is 5.85. The van der Waals surface area contributed by atoms with Gasteiger partial charge in [-0.2, -0.15) is 0 Å². The van der Waals surface area contributed by atoms with Crippen LogP contribution < -0.4 is 15.2 Å². The summed E-state index contributed by atoms with van der Waals surface area (Å²) in [5.74, 6) is 2.04. The molecule has 1 fully saturated rings. The first-order chi connectivity index (χ1) is 8.19. The summed E-state index contributed by atoms with van der Waals surface area (Å²) >= 11 is 3.53. The highest BCUT2D eigenvalue weighted by Crippen LogP contribution is 2.44. The van der Waals surface area contributed by atoms with Gasteiger partial charge in [0, 0.05) is 17.5 Å². The Labute approximate surface area is 110 Å². The van der Waals surface area contributed by atoms with Gasteiger partial charge in [0.15, 0.2) is 0 Å². The van der Waals surface area contributed by atoms with E-state index < -0.39 is 0 Å². The molecule has 1 saturated carbocycles. The van der Waals surface area contributed by atoms with E-state index in [1.807, 2.05) is 6.07 Å². The predicted molar refractivity (Wildman–Crippen MR) is 71.8 cm³/mol. The molecule has 1 aromatic carbocycles. The molecule has 4 heteroatoms. The van der Waals surface area contributed by atoms with Crippen LogP contribution in [0.3, 0.4) is 0 Å². The quantitative estimate of drug-likeness (QED) is 0.933. The minimum Gasteiger partial charge on any atom is -0.495 e. The highest BCUT2D eigenvalue weighted by atomic mass is 79.9. The molecular formula is C13H18BrNO2. The fraction of sp³-hybridized carbons (Fsp3) is 0.538. The lowest BCUT2D eigenvalue weighted by Crippen LogP contribution is -2.23. The number of ether oxygens (including phenoxy) is 2. The van der Waals surface area contributed by atoms with Crippen LogP contribution in [-0.4, -0.2) is 20.3 Å². The Balaban J connectivity index is 2.43. The summed E-state index contributed by atoms with van der Waals surface area (Å²) in [6.07, 6.45) is 3.42. The van der Waals surface area contributed by atoms with Crippen molar-refractivity contribution in [3.8, 4) is 11.5 Å². The molecule has 1 aliphatic carbocycles. The third-order valence-corrected chi connectivity index (χ3v) is 4.24. The maximum Gasteiger partial charge on any atom is 0.140 e. The monoisotopic (exact) mass is 299 g/mol. The summed E-state index contributed by atoms with van der Waals surface area (Å²) in [6, 6.07) is 4.27. The van der Waals surface area contributed by atoms with Crippen LogP contribution >= 0.6 is 15.9 Å². The molecule has 17 heavy (non-hydrogen) atoms. The molecule has 0 bridgehead atoms. The third-order valence-electron chi connectivity index (χ3n) is 3.49. The van der Waals surface area contributed by atoms with E-state index in [2.05, 4.69) is 22.0 Å². The second kappa shape index (κ2) is 5.27. The topological polar surface area (TPSA) is 44.5 Å². The predicted octanol–water partition coefficient (Wildman–Crippen LogP) is 3.06. The van der Waals surface area contributed by atoms with E-state index >= 15 is 0 Å². The first kappa shape index (κ1) is 12.7. The minimum absolute atomic E-state index is 0.240. The largest absolute Gasteiger partial charge is 0.495 e. The normalized spacial score (nSPS) is 23.8. The zero-order valence-corrected chi connectivity index (χ0v) is 11.8. The molecule has 0 radical (unpaired) electrons. The average Bonchev–Trinajstić information content (AvgIpc) is 2.75. The Bertz CT molecular complexity index is 409. The van der Waals surface area contributed by atoms with Crippen LogP contribution in [-0.2, 0) is 0 Å². The molecule has 1 aliphatic rings. The van der Waals surface area contributed by atoms with Crippen molar-refractivity contribution in [3.63, 3.8) is 0 Å². The number of methoxy groups -OCH3 is 2. The lowest BCUT2D eigenvalue weighted by molar-refractivity contribution is 0.382. The Morgan fingerprint density at radius 3 is 2.53 bits per heavy atom. The van der Waals surface area contributed by atoms with Gasteiger partial charge in [0.1, 0.15) is 16.0 Å². The van der Waals surface area contributed by atoms with Gasteiger partial charge < -0.3 is 15.2 Å². The van der Waals surface area contributed by atoms with Crippen LogP contribution in [0.2, 0.25) is 0 Å². The Kier molecular flexibility index (Phi) is 3.94. The Morgan fingerprint density at radius 1 is 1.24 bits per heavy atom. The molecule has 2 N–H and O–H groups in total. The van der Waals surface area contributed by atoms with Crippen LogP contribution in [0.15, 0.2) is 16.6 Å². The summed E-state index contributed by atoms with van der Waals surface area (Å²) in [6.45, 7) is 0. The number of nitrogens with two attached hydrogens (primary N) is 1. The van der Waals surface area contributed by atoms with Gasteiger partial charge >= 0.3 is 0 Å². The van der Waals surface area contributed by atoms with Crippen molar-refractivity contribution in [2.24, 2.45) is 5.73 Å². The molecule has 1 aromatic rings. The smallest absolute Gasteiger partial charge is 0.140 e. The van der Waals surface area contributed by atoms with Gasteiger partial charge in [-0.05, 0) is 34.8 Å². The van der Waals surface area contributed by atoms with Gasteiger partial charge in [-0.25, -0.2) is 0 Å². The van der Waals surface area contributed by atoms with Gasteiger partial charge in [-0.3, -0.25) is 0 Å². The zero-order chi connectivity index (χ0) is 12.4. The molecule has 94 valence electrons. The van der Waals surface area contributed by atoms with Crippen molar-refractivity contribution in [2.75, 3.05) is 14.2 Å². The van der Waals surface area contributed by atoms with Gasteiger partial charge in [0.25, 0.3) is 0 Å². The maximum absolute atomic E-state index is 6.15. The van der Waals surface area contributed by atoms with Crippen LogP contribution in [0.1, 0.15) is 30.7 Å². The Morgan fingerprint density at radius 2 is 2.00 bits per heavy atom. The fourth-order valence-electron chi connectivity index (χ4n) is 2.58. The molecule has 0 saturated heterocycles. The SMILES string of the molecule is COc1ccc(C2CCCC2N)c(OC)c1Br. The number of benzene rings is 1. The summed E-state index contributed by atoms with van der Waals surface area (Å²) in [5.41, 5.74) is 7.34. The minimum atomic E-state index is 0.240. The highest BCUT2D eigenvalue weighted by Gasteiger charge is 2.29. The van der Waals surface area contributed by atoms with Gasteiger partial charge in [0.05, 0.1) is 14.2 Å². The standard InChI is InChI=1S/C13H18BrNO2/c1-16-11-7-6-9(13(17-2)12(11)14)8-4-3-5-10(8)15/h6-8,10H,3-5,15H2,1-2H3. The van der Waals surface area contributed by atoms with E-state index in [0.717, 1.165) is 28.8 Å². The van der Waals surface area contributed by atoms with E-state index in [9.17, 15) is 0 Å². The van der Waals surface area contributed by atoms with Crippen LogP contribution in [0.4, 0.5) is 0 Å². The van der Waals surface area contributed by atoms with Crippen LogP contribution in [0.5, 0.6) is 11.5 Å². The fourth-order valence-corrected chi connectivity index (χ4v) is 3.27. The lowest BCUT2D eigenvalue weighted by Gasteiger charge is -2.20. The zero-order valence-electron chi connectivity index (χ0n) is 10.2. The number of hydrogen-bond acceptors (Lipinski definition) is 3. The van der Waals surface area contributed by atoms with Crippen molar-refractivity contribution in [3.05, 3.63) is 22.2 Å². The molecule has 0 aliphatic heterocycles. The lowest BCUT2D eigenvalue weighted by atomic mass is 9.93. The van der Waals surface area contributed by atoms with Crippen molar-refractivity contribution in [2.45, 2.75) is 31.2 Å². The summed E-state index contributed by atoms with van der Waals surface area (Å²) in [4.78, 5) is 0. The van der Waals surface area contributed by atoms with E-state index in [-0.39, 0.29) is 6.04 Å². The van der Waals surface area contributed by atoms with Gasteiger partial charge in [-0.15, -0.1) is 0 Å². The summed E-state index contributed by atoms with van der Waals surface area (Å²) in [5, 5.41) is 0. The Hall–Kier alpha value is -0.740. The molecule has 2 rings (SSSR count). The molecule has 2 atom stereocenters. The summed E-state index contributed by atoms with van der Waals surface area (Å²) < 4.78 is 11.6. The molecule has 0 heterocycles. The molecule has 0 aromatic heterocycles. The number of halogens is 1. The third kappa shape index (κ3) is 2.29. The second-order valence-corrected chi connectivity index (χ2v) is 5.20. The van der Waals surface area contributed by atoms with Crippen LogP contribution in [0.25, 0.3) is 0 Å².